The van der Waals surface area contributed by atoms with Crippen molar-refractivity contribution in [3.8, 4) is 5.75 Å². The minimum Gasteiger partial charge on any atom is -0.508 e. The van der Waals surface area contributed by atoms with Gasteiger partial charge in [-0.15, -0.1) is 12.4 Å². The Morgan fingerprint density at radius 3 is 2.77 bits per heavy atom. The predicted octanol–water partition coefficient (Wildman–Crippen LogP) is 4.71. The summed E-state index contributed by atoms with van der Waals surface area (Å²) < 4.78 is 5.93. The Bertz CT molecular complexity index is 658. The van der Waals surface area contributed by atoms with Crippen molar-refractivity contribution in [2.75, 3.05) is 19.7 Å². The van der Waals surface area contributed by atoms with Crippen molar-refractivity contribution >= 4 is 12.4 Å². The van der Waals surface area contributed by atoms with Gasteiger partial charge < -0.3 is 9.84 Å². The van der Waals surface area contributed by atoms with E-state index in [4.69, 9.17) is 4.74 Å². The fraction of sp³-hybridized carbons (Fsp3) is 0.636. The molecule has 0 radical (unpaired) electrons. The fourth-order valence-corrected chi connectivity index (χ4v) is 4.95. The summed E-state index contributed by atoms with van der Waals surface area (Å²) in [6, 6.07) is 6.49. The number of piperidine rings is 1. The summed E-state index contributed by atoms with van der Waals surface area (Å²) in [6.07, 6.45) is 6.34. The van der Waals surface area contributed by atoms with Crippen LogP contribution in [0.1, 0.15) is 52.2 Å². The van der Waals surface area contributed by atoms with Crippen LogP contribution in [0.3, 0.4) is 0 Å². The van der Waals surface area contributed by atoms with Crippen molar-refractivity contribution < 1.29 is 9.84 Å². The number of phenols is 1. The highest BCUT2D eigenvalue weighted by atomic mass is 35.5. The molecular weight excluding hydrogens is 346 g/mol. The van der Waals surface area contributed by atoms with Crippen molar-refractivity contribution in [1.29, 1.82) is 0 Å². The van der Waals surface area contributed by atoms with E-state index >= 15 is 0 Å². The zero-order chi connectivity index (χ0) is 18.2. The Kier molecular flexibility index (Phi) is 6.48. The number of ether oxygens (including phenoxy) is 1. The van der Waals surface area contributed by atoms with Crippen LogP contribution in [-0.4, -0.2) is 41.8 Å². The van der Waals surface area contributed by atoms with Crippen LogP contribution < -0.4 is 0 Å². The van der Waals surface area contributed by atoms with Crippen molar-refractivity contribution in [3.63, 3.8) is 0 Å². The highest BCUT2D eigenvalue weighted by molar-refractivity contribution is 5.85. The van der Waals surface area contributed by atoms with Gasteiger partial charge in [-0.2, -0.15) is 0 Å². The van der Waals surface area contributed by atoms with Gasteiger partial charge in [-0.05, 0) is 55.8 Å². The molecule has 3 nitrogen and oxygen atoms in total. The van der Waals surface area contributed by atoms with Crippen LogP contribution in [0.25, 0.3) is 0 Å². The number of benzene rings is 1. The van der Waals surface area contributed by atoms with Crippen LogP contribution in [0.15, 0.2) is 30.4 Å². The molecule has 0 amide bonds. The van der Waals surface area contributed by atoms with Gasteiger partial charge >= 0.3 is 0 Å². The molecule has 0 saturated carbocycles. The summed E-state index contributed by atoms with van der Waals surface area (Å²) in [6.45, 7) is 14.1. The largest absolute Gasteiger partial charge is 0.508 e. The number of rotatable bonds is 5. The van der Waals surface area contributed by atoms with E-state index in [0.29, 0.717) is 18.4 Å². The summed E-state index contributed by atoms with van der Waals surface area (Å²) in [7, 11) is 0. The van der Waals surface area contributed by atoms with Gasteiger partial charge in [-0.1, -0.05) is 45.1 Å². The second-order valence-corrected chi connectivity index (χ2v) is 8.53. The van der Waals surface area contributed by atoms with Crippen LogP contribution in [0.5, 0.6) is 5.75 Å². The number of hydrogen-bond acceptors (Lipinski definition) is 3. The number of phenolic OH excluding ortho intramolecular Hbond substituents is 1. The number of allylic oxidation sites excluding steroid dienone is 1. The van der Waals surface area contributed by atoms with E-state index in [1.165, 1.54) is 5.56 Å². The molecule has 146 valence electrons. The normalized spacial score (nSPS) is 28.4. The van der Waals surface area contributed by atoms with E-state index in [1.54, 1.807) is 0 Å². The summed E-state index contributed by atoms with van der Waals surface area (Å²) in [5, 5.41) is 10.5. The number of nitrogens with zero attached hydrogens (tertiary/aromatic N) is 1. The van der Waals surface area contributed by atoms with Gasteiger partial charge in [0.15, 0.2) is 0 Å². The summed E-state index contributed by atoms with van der Waals surface area (Å²) >= 11 is 0. The minimum atomic E-state index is 0. The molecule has 1 N–H and O–H groups in total. The van der Waals surface area contributed by atoms with E-state index in [0.717, 1.165) is 31.5 Å². The van der Waals surface area contributed by atoms with Gasteiger partial charge in [-0.25, -0.2) is 0 Å². The van der Waals surface area contributed by atoms with E-state index < -0.39 is 0 Å². The molecule has 1 aliphatic heterocycles. The van der Waals surface area contributed by atoms with Gasteiger partial charge in [0.1, 0.15) is 5.75 Å². The molecule has 1 fully saturated rings. The maximum atomic E-state index is 10.5. The Morgan fingerprint density at radius 2 is 2.08 bits per heavy atom. The molecule has 0 aromatic heterocycles. The predicted molar refractivity (Wildman–Crippen MR) is 110 cm³/mol. The maximum Gasteiger partial charge on any atom is 0.119 e. The summed E-state index contributed by atoms with van der Waals surface area (Å²) in [5.74, 6) is 0.462. The number of aromatic hydroxyl groups is 1. The monoisotopic (exact) mass is 379 g/mol. The molecule has 1 heterocycles. The molecule has 4 heteroatoms. The molecule has 0 spiro atoms. The van der Waals surface area contributed by atoms with Crippen LogP contribution in [0.4, 0.5) is 0 Å². The molecule has 2 bridgehead atoms. The van der Waals surface area contributed by atoms with Crippen molar-refractivity contribution in [2.45, 2.75) is 65.0 Å². The van der Waals surface area contributed by atoms with E-state index in [2.05, 4.69) is 44.7 Å². The number of hydrogen-bond donors (Lipinski definition) is 1. The van der Waals surface area contributed by atoms with Crippen LogP contribution in [-0.2, 0) is 16.6 Å². The van der Waals surface area contributed by atoms with Crippen LogP contribution in [0.2, 0.25) is 0 Å². The Labute approximate surface area is 164 Å². The second-order valence-electron chi connectivity index (χ2n) is 8.53. The second kappa shape index (κ2) is 7.92. The average Bonchev–Trinajstić information content (AvgIpc) is 2.54. The quantitative estimate of drug-likeness (QED) is 0.752. The van der Waals surface area contributed by atoms with Gasteiger partial charge in [0.25, 0.3) is 0 Å². The van der Waals surface area contributed by atoms with E-state index in [9.17, 15) is 5.11 Å². The minimum absolute atomic E-state index is 0. The highest BCUT2D eigenvalue weighted by Gasteiger charge is 2.56. The summed E-state index contributed by atoms with van der Waals surface area (Å²) in [4.78, 5) is 2.59. The number of likely N-dealkylation sites (tertiary alicyclic amines) is 1. The first kappa shape index (κ1) is 21.3. The molecule has 2 unspecified atom stereocenters. The Hall–Kier alpha value is -1.03. The highest BCUT2D eigenvalue weighted by Crippen LogP contribution is 2.57. The summed E-state index contributed by atoms with van der Waals surface area (Å²) in [5.41, 5.74) is 2.78. The molecule has 3 rings (SSSR count). The lowest BCUT2D eigenvalue weighted by molar-refractivity contribution is -0.0602. The first-order valence-electron chi connectivity index (χ1n) is 9.59. The third-order valence-electron chi connectivity index (χ3n) is 6.94. The van der Waals surface area contributed by atoms with Crippen molar-refractivity contribution in [1.82, 2.24) is 4.90 Å². The Balaban J connectivity index is 0.00000243. The van der Waals surface area contributed by atoms with Crippen molar-refractivity contribution in [2.24, 2.45) is 5.41 Å². The lowest BCUT2D eigenvalue weighted by Gasteiger charge is -2.61. The smallest absolute Gasteiger partial charge is 0.119 e. The zero-order valence-corrected chi connectivity index (χ0v) is 17.6. The van der Waals surface area contributed by atoms with Crippen molar-refractivity contribution in [3.05, 3.63) is 41.5 Å². The van der Waals surface area contributed by atoms with E-state index in [1.807, 2.05) is 25.1 Å². The molecule has 1 saturated heterocycles. The third kappa shape index (κ3) is 3.42. The SMILES string of the molecule is CC=CCOC(C)CN1CCC2(C)c3cccc(O)c3C[C@@H]1C2(C)C.Cl. The van der Waals surface area contributed by atoms with Crippen LogP contribution >= 0.6 is 12.4 Å². The number of halogens is 1. The van der Waals surface area contributed by atoms with Gasteiger partial charge in [0, 0.05) is 18.0 Å². The lowest BCUT2D eigenvalue weighted by Crippen LogP contribution is -2.64. The zero-order valence-electron chi connectivity index (χ0n) is 16.8. The standard InChI is InChI=1S/C22H33NO2.ClH/c1-6-7-13-25-16(2)15-23-12-11-22(5)18-9-8-10-19(24)17(18)14-20(23)21(22,3)4;/h6-10,16,20,24H,11-15H2,1-5H3;1H/t16?,20-,22?;/m1./s1. The molecule has 2 aliphatic rings. The molecule has 3 atom stereocenters. The fourth-order valence-electron chi connectivity index (χ4n) is 4.95. The molecular formula is C22H34ClNO2. The van der Waals surface area contributed by atoms with Gasteiger partial charge in [0.2, 0.25) is 0 Å². The topological polar surface area (TPSA) is 32.7 Å². The van der Waals surface area contributed by atoms with Crippen LogP contribution in [0, 0.1) is 5.41 Å². The third-order valence-corrected chi connectivity index (χ3v) is 6.94. The first-order chi connectivity index (χ1) is 11.8. The Morgan fingerprint density at radius 1 is 1.35 bits per heavy atom. The molecule has 1 aromatic carbocycles. The molecule has 1 aromatic rings. The van der Waals surface area contributed by atoms with Gasteiger partial charge in [0.05, 0.1) is 12.7 Å². The average molecular weight is 380 g/mol. The van der Waals surface area contributed by atoms with Gasteiger partial charge in [-0.3, -0.25) is 4.90 Å². The first-order valence-corrected chi connectivity index (χ1v) is 9.59. The number of fused-ring (bicyclic) bond motifs is 4. The van der Waals surface area contributed by atoms with E-state index in [-0.39, 0.29) is 29.3 Å². The lowest BCUT2D eigenvalue weighted by atomic mass is 9.51. The maximum absolute atomic E-state index is 10.5. The molecule has 26 heavy (non-hydrogen) atoms. The molecule has 1 aliphatic carbocycles.